The molecule has 106 valence electrons. The Morgan fingerprint density at radius 2 is 2.42 bits per heavy atom. The van der Waals surface area contributed by atoms with Crippen LogP contribution in [0.3, 0.4) is 0 Å². The molecule has 1 aliphatic rings. The number of aryl methyl sites for hydroxylation is 1. The Labute approximate surface area is 114 Å². The lowest BCUT2D eigenvalue weighted by molar-refractivity contribution is -0.144. The number of aliphatic carboxylic acids is 1. The second kappa shape index (κ2) is 5.74. The molecule has 0 bridgehead atoms. The number of hydrogen-bond donors (Lipinski definition) is 2. The van der Waals surface area contributed by atoms with Crippen LogP contribution in [0.2, 0.25) is 0 Å². The number of aromatic nitrogens is 2. The van der Waals surface area contributed by atoms with Gasteiger partial charge in [0, 0.05) is 24.9 Å². The molecule has 0 aliphatic heterocycles. The van der Waals surface area contributed by atoms with Gasteiger partial charge in [-0.1, -0.05) is 13.8 Å². The van der Waals surface area contributed by atoms with Crippen LogP contribution in [0.4, 0.5) is 0 Å². The third-order valence-corrected chi connectivity index (χ3v) is 4.07. The minimum Gasteiger partial charge on any atom is -0.480 e. The van der Waals surface area contributed by atoms with Crippen molar-refractivity contribution in [2.24, 2.45) is 0 Å². The van der Waals surface area contributed by atoms with Crippen LogP contribution < -0.4 is 5.32 Å². The molecule has 5 heteroatoms. The number of imidazole rings is 1. The Morgan fingerprint density at radius 3 is 3.05 bits per heavy atom. The normalized spacial score (nSPS) is 26.7. The predicted molar refractivity (Wildman–Crippen MR) is 73.2 cm³/mol. The molecular weight excluding hydrogens is 242 g/mol. The van der Waals surface area contributed by atoms with Gasteiger partial charge in [-0.05, 0) is 32.2 Å². The van der Waals surface area contributed by atoms with E-state index in [4.69, 9.17) is 0 Å². The van der Waals surface area contributed by atoms with E-state index in [0.717, 1.165) is 31.6 Å². The van der Waals surface area contributed by atoms with Crippen molar-refractivity contribution in [1.82, 2.24) is 14.9 Å². The fraction of sp³-hybridized carbons (Fsp3) is 0.714. The molecule has 1 aromatic heterocycles. The summed E-state index contributed by atoms with van der Waals surface area (Å²) in [5, 5.41) is 12.8. The molecule has 5 nitrogen and oxygen atoms in total. The van der Waals surface area contributed by atoms with Gasteiger partial charge in [-0.25, -0.2) is 4.98 Å². The highest BCUT2D eigenvalue weighted by molar-refractivity contribution is 5.79. The molecule has 0 amide bonds. The van der Waals surface area contributed by atoms with Gasteiger partial charge in [-0.3, -0.25) is 4.79 Å². The summed E-state index contributed by atoms with van der Waals surface area (Å²) in [4.78, 5) is 15.9. The van der Waals surface area contributed by atoms with Crippen molar-refractivity contribution in [3.63, 3.8) is 0 Å². The molecule has 0 saturated heterocycles. The summed E-state index contributed by atoms with van der Waals surface area (Å²) in [6.07, 6.45) is 7.84. The molecule has 2 unspecified atom stereocenters. The topological polar surface area (TPSA) is 67.2 Å². The van der Waals surface area contributed by atoms with Crippen LogP contribution in [0.1, 0.15) is 51.4 Å². The van der Waals surface area contributed by atoms with E-state index in [1.807, 2.05) is 6.20 Å². The zero-order chi connectivity index (χ0) is 13.9. The van der Waals surface area contributed by atoms with Crippen molar-refractivity contribution in [3.05, 3.63) is 18.2 Å². The lowest BCUT2D eigenvalue weighted by Gasteiger charge is -2.26. The Balaban J connectivity index is 2.14. The maximum atomic E-state index is 11.6. The van der Waals surface area contributed by atoms with Crippen molar-refractivity contribution in [3.8, 4) is 0 Å². The summed E-state index contributed by atoms with van der Waals surface area (Å²) in [5.41, 5.74) is -0.754. The van der Waals surface area contributed by atoms with E-state index in [0.29, 0.717) is 12.8 Å². The molecule has 1 saturated carbocycles. The van der Waals surface area contributed by atoms with Gasteiger partial charge < -0.3 is 15.0 Å². The van der Waals surface area contributed by atoms with Crippen molar-refractivity contribution in [2.75, 3.05) is 6.54 Å². The van der Waals surface area contributed by atoms with Gasteiger partial charge >= 0.3 is 5.97 Å². The lowest BCUT2D eigenvalue weighted by Crippen LogP contribution is -2.50. The van der Waals surface area contributed by atoms with E-state index in [-0.39, 0.29) is 6.04 Å². The van der Waals surface area contributed by atoms with E-state index in [1.165, 1.54) is 0 Å². The Hall–Kier alpha value is -1.36. The SMILES string of the molecule is CCCNC1(C(=O)O)CCC(n2ccnc2CC)C1. The number of hydrogen-bond acceptors (Lipinski definition) is 3. The fourth-order valence-electron chi connectivity index (χ4n) is 3.00. The number of carboxylic acids is 1. The van der Waals surface area contributed by atoms with Gasteiger partial charge in [0.15, 0.2) is 0 Å². The maximum Gasteiger partial charge on any atom is 0.323 e. The molecule has 2 rings (SSSR count). The van der Waals surface area contributed by atoms with Gasteiger partial charge in [0.1, 0.15) is 11.4 Å². The first-order chi connectivity index (χ1) is 9.13. The standard InChI is InChI=1S/C14H23N3O2/c1-3-7-16-14(13(18)19)6-5-11(10-14)17-9-8-15-12(17)4-2/h8-9,11,16H,3-7,10H2,1-2H3,(H,18,19). The summed E-state index contributed by atoms with van der Waals surface area (Å²) < 4.78 is 2.15. The minimum absolute atomic E-state index is 0.248. The summed E-state index contributed by atoms with van der Waals surface area (Å²) >= 11 is 0. The summed E-state index contributed by atoms with van der Waals surface area (Å²) in [6, 6.07) is 0.248. The van der Waals surface area contributed by atoms with Crippen LogP contribution in [0, 0.1) is 0 Å². The summed E-state index contributed by atoms with van der Waals surface area (Å²) in [6.45, 7) is 4.89. The Morgan fingerprint density at radius 1 is 1.63 bits per heavy atom. The molecule has 1 aliphatic carbocycles. The summed E-state index contributed by atoms with van der Waals surface area (Å²) in [5.74, 6) is 0.322. The molecular formula is C14H23N3O2. The van der Waals surface area contributed by atoms with Crippen LogP contribution in [0.25, 0.3) is 0 Å². The lowest BCUT2D eigenvalue weighted by atomic mass is 9.97. The largest absolute Gasteiger partial charge is 0.480 e. The Bertz CT molecular complexity index is 444. The second-order valence-electron chi connectivity index (χ2n) is 5.31. The van der Waals surface area contributed by atoms with E-state index in [9.17, 15) is 9.90 Å². The van der Waals surface area contributed by atoms with Crippen molar-refractivity contribution in [1.29, 1.82) is 0 Å². The first-order valence-electron chi connectivity index (χ1n) is 7.13. The maximum absolute atomic E-state index is 11.6. The molecule has 19 heavy (non-hydrogen) atoms. The first kappa shape index (κ1) is 14.1. The van der Waals surface area contributed by atoms with E-state index < -0.39 is 11.5 Å². The first-order valence-corrected chi connectivity index (χ1v) is 7.13. The molecule has 1 fully saturated rings. The second-order valence-corrected chi connectivity index (χ2v) is 5.31. The summed E-state index contributed by atoms with van der Waals surface area (Å²) in [7, 11) is 0. The van der Waals surface area contributed by atoms with Crippen LogP contribution >= 0.6 is 0 Å². The highest BCUT2D eigenvalue weighted by Crippen LogP contribution is 2.38. The van der Waals surface area contributed by atoms with Crippen LogP contribution in [-0.2, 0) is 11.2 Å². The molecule has 0 aromatic carbocycles. The third kappa shape index (κ3) is 2.66. The van der Waals surface area contributed by atoms with Crippen molar-refractivity contribution < 1.29 is 9.90 Å². The zero-order valence-electron chi connectivity index (χ0n) is 11.7. The minimum atomic E-state index is -0.754. The van der Waals surface area contributed by atoms with Gasteiger partial charge in [0.05, 0.1) is 0 Å². The number of carboxylic acid groups (broad SMARTS) is 1. The third-order valence-electron chi connectivity index (χ3n) is 4.07. The average molecular weight is 265 g/mol. The van der Waals surface area contributed by atoms with E-state index >= 15 is 0 Å². The molecule has 2 atom stereocenters. The molecule has 0 spiro atoms. The molecule has 1 heterocycles. The van der Waals surface area contributed by atoms with Crippen molar-refractivity contribution >= 4 is 5.97 Å². The zero-order valence-corrected chi connectivity index (χ0v) is 11.7. The fourth-order valence-corrected chi connectivity index (χ4v) is 3.00. The van der Waals surface area contributed by atoms with Gasteiger partial charge in [-0.2, -0.15) is 0 Å². The monoisotopic (exact) mass is 265 g/mol. The number of nitrogens with one attached hydrogen (secondary N) is 1. The molecule has 2 N–H and O–H groups in total. The van der Waals surface area contributed by atoms with Crippen LogP contribution in [0.15, 0.2) is 12.4 Å². The number of nitrogens with zero attached hydrogens (tertiary/aromatic N) is 2. The van der Waals surface area contributed by atoms with Gasteiger partial charge in [-0.15, -0.1) is 0 Å². The van der Waals surface area contributed by atoms with Crippen LogP contribution in [-0.4, -0.2) is 32.7 Å². The highest BCUT2D eigenvalue weighted by Gasteiger charge is 2.45. The molecule has 0 radical (unpaired) electrons. The van der Waals surface area contributed by atoms with Gasteiger partial charge in [0.25, 0.3) is 0 Å². The van der Waals surface area contributed by atoms with Gasteiger partial charge in [0.2, 0.25) is 0 Å². The molecule has 1 aromatic rings. The van der Waals surface area contributed by atoms with Crippen molar-refractivity contribution in [2.45, 2.75) is 57.5 Å². The van der Waals surface area contributed by atoms with Crippen LogP contribution in [0.5, 0.6) is 0 Å². The number of rotatable bonds is 6. The quantitative estimate of drug-likeness (QED) is 0.825. The smallest absolute Gasteiger partial charge is 0.323 e. The van der Waals surface area contributed by atoms with E-state index in [1.54, 1.807) is 6.20 Å². The highest BCUT2D eigenvalue weighted by atomic mass is 16.4. The Kier molecular flexibility index (Phi) is 4.24. The number of carbonyl (C=O) groups is 1. The predicted octanol–water partition coefficient (Wildman–Crippen LogP) is 1.99. The average Bonchev–Trinajstić information content (AvgIpc) is 3.03. The van der Waals surface area contributed by atoms with E-state index in [2.05, 4.69) is 28.7 Å².